The molecular weight excluding hydrogens is 171 g/mol. The van der Waals surface area contributed by atoms with E-state index in [4.69, 9.17) is 10.8 Å². The summed E-state index contributed by atoms with van der Waals surface area (Å²) >= 11 is 0. The van der Waals surface area contributed by atoms with E-state index in [0.717, 1.165) is 5.69 Å². The van der Waals surface area contributed by atoms with Crippen LogP contribution < -0.4 is 11.1 Å². The lowest BCUT2D eigenvalue weighted by atomic mass is 10.3. The van der Waals surface area contributed by atoms with Crippen LogP contribution in [0.2, 0.25) is 0 Å². The number of aliphatic hydroxyl groups is 1. The lowest BCUT2D eigenvalue weighted by Gasteiger charge is -2.10. The maximum Gasteiger partial charge on any atom is 0.123 e. The number of anilines is 1. The molecule has 0 amide bonds. The van der Waals surface area contributed by atoms with Gasteiger partial charge < -0.3 is 16.2 Å². The summed E-state index contributed by atoms with van der Waals surface area (Å²) in [7, 11) is 0. The number of benzene rings is 1. The normalized spacial score (nSPS) is 12.5. The van der Waals surface area contributed by atoms with Crippen LogP contribution in [0.15, 0.2) is 24.3 Å². The van der Waals surface area contributed by atoms with E-state index in [9.17, 15) is 4.39 Å². The predicted octanol–water partition coefficient (Wildman–Crippen LogP) is 0.557. The summed E-state index contributed by atoms with van der Waals surface area (Å²) in [5.41, 5.74) is 6.26. The molecule has 1 unspecified atom stereocenters. The first-order valence-electron chi connectivity index (χ1n) is 4.08. The molecule has 0 radical (unpaired) electrons. The molecule has 13 heavy (non-hydrogen) atoms. The first-order valence-corrected chi connectivity index (χ1v) is 4.08. The summed E-state index contributed by atoms with van der Waals surface area (Å²) in [5, 5.41) is 11.6. The van der Waals surface area contributed by atoms with Crippen LogP contribution in [0, 0.1) is 5.82 Å². The van der Waals surface area contributed by atoms with Crippen molar-refractivity contribution in [3.8, 4) is 0 Å². The van der Waals surface area contributed by atoms with Crippen LogP contribution in [0.4, 0.5) is 10.1 Å². The van der Waals surface area contributed by atoms with Gasteiger partial charge in [0.05, 0.1) is 6.61 Å². The largest absolute Gasteiger partial charge is 0.395 e. The Balaban J connectivity index is 2.41. The molecule has 0 bridgehead atoms. The maximum atomic E-state index is 12.5. The number of nitrogens with one attached hydrogen (secondary N) is 1. The number of hydrogen-bond donors (Lipinski definition) is 3. The third kappa shape index (κ3) is 3.40. The van der Waals surface area contributed by atoms with Gasteiger partial charge in [-0.1, -0.05) is 0 Å². The molecular formula is C9H13FN2O. The molecule has 0 heterocycles. The summed E-state index contributed by atoms with van der Waals surface area (Å²) in [5.74, 6) is -0.267. The molecule has 0 saturated heterocycles. The third-order valence-electron chi connectivity index (χ3n) is 1.65. The van der Waals surface area contributed by atoms with Gasteiger partial charge in [0.1, 0.15) is 5.82 Å². The minimum absolute atomic E-state index is 0.0613. The van der Waals surface area contributed by atoms with Crippen LogP contribution in [0.5, 0.6) is 0 Å². The van der Waals surface area contributed by atoms with E-state index in [0.29, 0.717) is 6.54 Å². The van der Waals surface area contributed by atoms with E-state index < -0.39 is 0 Å². The number of halogens is 1. The molecule has 0 spiro atoms. The third-order valence-corrected chi connectivity index (χ3v) is 1.65. The molecule has 0 aromatic heterocycles. The van der Waals surface area contributed by atoms with Crippen molar-refractivity contribution in [2.45, 2.75) is 6.04 Å². The average Bonchev–Trinajstić information content (AvgIpc) is 2.16. The van der Waals surface area contributed by atoms with Crippen LogP contribution in [0.1, 0.15) is 0 Å². The zero-order chi connectivity index (χ0) is 9.68. The Hall–Kier alpha value is -1.13. The zero-order valence-electron chi connectivity index (χ0n) is 7.20. The molecule has 0 fully saturated rings. The summed E-state index contributed by atoms with van der Waals surface area (Å²) < 4.78 is 12.5. The summed E-state index contributed by atoms with van der Waals surface area (Å²) in [6.07, 6.45) is 0. The van der Waals surface area contributed by atoms with E-state index in [1.165, 1.54) is 12.1 Å². The van der Waals surface area contributed by atoms with Crippen LogP contribution in [0.3, 0.4) is 0 Å². The first-order chi connectivity index (χ1) is 6.22. The molecule has 0 aliphatic rings. The van der Waals surface area contributed by atoms with E-state index in [1.807, 2.05) is 0 Å². The van der Waals surface area contributed by atoms with E-state index in [2.05, 4.69) is 5.32 Å². The molecule has 4 N–H and O–H groups in total. The highest BCUT2D eigenvalue weighted by Crippen LogP contribution is 2.07. The van der Waals surface area contributed by atoms with Gasteiger partial charge in [-0.2, -0.15) is 0 Å². The van der Waals surface area contributed by atoms with Crippen LogP contribution in [0.25, 0.3) is 0 Å². The van der Waals surface area contributed by atoms with Crippen molar-refractivity contribution >= 4 is 5.69 Å². The Bertz CT molecular complexity index is 250. The second-order valence-corrected chi connectivity index (χ2v) is 2.83. The van der Waals surface area contributed by atoms with Crippen LogP contribution >= 0.6 is 0 Å². The molecule has 3 nitrogen and oxygen atoms in total. The Morgan fingerprint density at radius 3 is 2.54 bits per heavy atom. The van der Waals surface area contributed by atoms with Crippen molar-refractivity contribution < 1.29 is 9.50 Å². The highest BCUT2D eigenvalue weighted by Gasteiger charge is 1.99. The highest BCUT2D eigenvalue weighted by atomic mass is 19.1. The van der Waals surface area contributed by atoms with Crippen LogP contribution in [-0.4, -0.2) is 24.3 Å². The van der Waals surface area contributed by atoms with Crippen molar-refractivity contribution in [3.05, 3.63) is 30.1 Å². The molecule has 0 aliphatic carbocycles. The van der Waals surface area contributed by atoms with Gasteiger partial charge in [-0.25, -0.2) is 4.39 Å². The Morgan fingerprint density at radius 1 is 1.38 bits per heavy atom. The Kier molecular flexibility index (Phi) is 3.67. The fourth-order valence-corrected chi connectivity index (χ4v) is 0.881. The zero-order valence-corrected chi connectivity index (χ0v) is 7.20. The molecule has 0 aliphatic heterocycles. The van der Waals surface area contributed by atoms with Gasteiger partial charge in [0.2, 0.25) is 0 Å². The van der Waals surface area contributed by atoms with Crippen molar-refractivity contribution in [1.29, 1.82) is 0 Å². The van der Waals surface area contributed by atoms with Gasteiger partial charge in [-0.3, -0.25) is 0 Å². The molecule has 1 aromatic rings. The van der Waals surface area contributed by atoms with Gasteiger partial charge in [0, 0.05) is 18.3 Å². The minimum Gasteiger partial charge on any atom is -0.395 e. The fraction of sp³-hybridized carbons (Fsp3) is 0.333. The maximum absolute atomic E-state index is 12.5. The standard InChI is InChI=1S/C9H13FN2O/c10-7-1-3-9(4-2-7)12-5-8(11)6-13/h1-4,8,12-13H,5-6,11H2. The minimum atomic E-state index is -0.287. The van der Waals surface area contributed by atoms with Crippen molar-refractivity contribution in [1.82, 2.24) is 0 Å². The highest BCUT2D eigenvalue weighted by molar-refractivity contribution is 5.42. The van der Waals surface area contributed by atoms with Gasteiger partial charge in [0.15, 0.2) is 0 Å². The summed E-state index contributed by atoms with van der Waals surface area (Å²) in [6, 6.07) is 5.70. The smallest absolute Gasteiger partial charge is 0.123 e. The van der Waals surface area contributed by atoms with Crippen molar-refractivity contribution in [3.63, 3.8) is 0 Å². The molecule has 1 aromatic carbocycles. The fourth-order valence-electron chi connectivity index (χ4n) is 0.881. The van der Waals surface area contributed by atoms with Gasteiger partial charge in [0.25, 0.3) is 0 Å². The molecule has 72 valence electrons. The second-order valence-electron chi connectivity index (χ2n) is 2.83. The number of aliphatic hydroxyl groups excluding tert-OH is 1. The SMILES string of the molecule is NC(CO)CNc1ccc(F)cc1. The van der Waals surface area contributed by atoms with Gasteiger partial charge in [-0.15, -0.1) is 0 Å². The second kappa shape index (κ2) is 4.79. The predicted molar refractivity (Wildman–Crippen MR) is 50.0 cm³/mol. The lowest BCUT2D eigenvalue weighted by molar-refractivity contribution is 0.270. The van der Waals surface area contributed by atoms with E-state index >= 15 is 0 Å². The number of nitrogens with two attached hydrogens (primary N) is 1. The Labute approximate surface area is 76.4 Å². The average molecular weight is 184 g/mol. The number of hydrogen-bond acceptors (Lipinski definition) is 3. The first kappa shape index (κ1) is 9.95. The van der Waals surface area contributed by atoms with E-state index in [-0.39, 0.29) is 18.5 Å². The summed E-state index contributed by atoms with van der Waals surface area (Å²) in [4.78, 5) is 0. The monoisotopic (exact) mass is 184 g/mol. The van der Waals surface area contributed by atoms with Crippen molar-refractivity contribution in [2.75, 3.05) is 18.5 Å². The van der Waals surface area contributed by atoms with Gasteiger partial charge >= 0.3 is 0 Å². The number of rotatable bonds is 4. The van der Waals surface area contributed by atoms with E-state index in [1.54, 1.807) is 12.1 Å². The summed E-state index contributed by atoms with van der Waals surface area (Å²) in [6.45, 7) is 0.413. The topological polar surface area (TPSA) is 58.3 Å². The van der Waals surface area contributed by atoms with Crippen molar-refractivity contribution in [2.24, 2.45) is 5.73 Å². The van der Waals surface area contributed by atoms with Gasteiger partial charge in [-0.05, 0) is 24.3 Å². The molecule has 4 heteroatoms. The molecule has 1 atom stereocenters. The molecule has 1 rings (SSSR count). The quantitative estimate of drug-likeness (QED) is 0.640. The Morgan fingerprint density at radius 2 is 2.00 bits per heavy atom. The molecule has 0 saturated carbocycles. The van der Waals surface area contributed by atoms with Crippen LogP contribution in [-0.2, 0) is 0 Å². The lowest BCUT2D eigenvalue weighted by Crippen LogP contribution is -2.32.